The van der Waals surface area contributed by atoms with Crippen LogP contribution >= 0.6 is 0 Å². The van der Waals surface area contributed by atoms with Crippen LogP contribution in [0, 0.1) is 5.41 Å². The minimum absolute atomic E-state index is 0.0908. The van der Waals surface area contributed by atoms with E-state index in [1.54, 1.807) is 57.2 Å². The van der Waals surface area contributed by atoms with Gasteiger partial charge in [0.1, 0.15) is 12.1 Å². The van der Waals surface area contributed by atoms with Crippen LogP contribution in [0.4, 0.5) is 0 Å². The van der Waals surface area contributed by atoms with Crippen molar-refractivity contribution in [3.8, 4) is 11.1 Å². The minimum Gasteiger partial charge on any atom is -0.368 e. The second-order valence-electron chi connectivity index (χ2n) is 12.7. The number of nitrogens with two attached hydrogens (primary N) is 1. The summed E-state index contributed by atoms with van der Waals surface area (Å²) in [7, 11) is -3.94. The van der Waals surface area contributed by atoms with Gasteiger partial charge in [0.2, 0.25) is 17.7 Å². The quantitative estimate of drug-likeness (QED) is 0.176. The van der Waals surface area contributed by atoms with Gasteiger partial charge < -0.3 is 16.4 Å². The predicted molar refractivity (Wildman–Crippen MR) is 178 cm³/mol. The first-order valence-corrected chi connectivity index (χ1v) is 17.2. The van der Waals surface area contributed by atoms with Gasteiger partial charge in [-0.3, -0.25) is 28.9 Å². The van der Waals surface area contributed by atoms with E-state index in [0.717, 1.165) is 16.0 Å². The van der Waals surface area contributed by atoms with Crippen molar-refractivity contribution >= 4 is 39.4 Å². The van der Waals surface area contributed by atoms with Crippen LogP contribution in [-0.4, -0.2) is 67.2 Å². The fraction of sp³-hybridized carbons (Fsp3) is 0.343. The molecule has 47 heavy (non-hydrogen) atoms. The average Bonchev–Trinajstić information content (AvgIpc) is 3.26. The van der Waals surface area contributed by atoms with Crippen LogP contribution in [0.1, 0.15) is 66.3 Å². The summed E-state index contributed by atoms with van der Waals surface area (Å²) in [6.07, 6.45) is 0.493. The molecule has 4 N–H and O–H groups in total. The van der Waals surface area contributed by atoms with Crippen molar-refractivity contribution in [1.29, 1.82) is 0 Å². The maximum Gasteiger partial charge on any atom is 0.261 e. The Hall–Kier alpha value is -4.84. The molecule has 4 rings (SSSR count). The molecule has 248 valence electrons. The van der Waals surface area contributed by atoms with Gasteiger partial charge in [-0.2, -0.15) is 0 Å². The number of sulfone groups is 1. The molecule has 3 aromatic carbocycles. The molecule has 0 aliphatic carbocycles. The molecule has 1 aliphatic heterocycles. The van der Waals surface area contributed by atoms with Gasteiger partial charge in [-0.05, 0) is 47.1 Å². The zero-order chi connectivity index (χ0) is 34.4. The zero-order valence-corrected chi connectivity index (χ0v) is 27.5. The van der Waals surface area contributed by atoms with E-state index in [-0.39, 0.29) is 25.1 Å². The number of hydrogen-bond donors (Lipinski definition) is 3. The Bertz CT molecular complexity index is 1720. The number of rotatable bonds is 14. The summed E-state index contributed by atoms with van der Waals surface area (Å²) >= 11 is 0. The molecule has 0 saturated heterocycles. The highest BCUT2D eigenvalue weighted by atomic mass is 32.2. The zero-order valence-electron chi connectivity index (χ0n) is 26.7. The van der Waals surface area contributed by atoms with Crippen molar-refractivity contribution in [2.75, 3.05) is 12.3 Å². The molecule has 5 amide bonds. The summed E-state index contributed by atoms with van der Waals surface area (Å²) in [5.74, 6) is -4.13. The van der Waals surface area contributed by atoms with Gasteiger partial charge >= 0.3 is 0 Å². The number of unbranched alkanes of at least 4 members (excludes halogenated alkanes) is 1. The smallest absolute Gasteiger partial charge is 0.261 e. The van der Waals surface area contributed by atoms with Crippen LogP contribution in [-0.2, 0) is 30.0 Å². The molecule has 0 aromatic heterocycles. The fourth-order valence-corrected chi connectivity index (χ4v) is 6.96. The van der Waals surface area contributed by atoms with E-state index in [2.05, 4.69) is 10.6 Å². The van der Waals surface area contributed by atoms with Crippen molar-refractivity contribution in [1.82, 2.24) is 15.5 Å². The maximum absolute atomic E-state index is 13.4. The van der Waals surface area contributed by atoms with Crippen LogP contribution in [0.5, 0.6) is 0 Å². The van der Waals surface area contributed by atoms with Gasteiger partial charge in [-0.25, -0.2) is 8.42 Å². The summed E-state index contributed by atoms with van der Waals surface area (Å²) in [4.78, 5) is 64.8. The number of fused-ring (bicyclic) bond motifs is 1. The highest BCUT2D eigenvalue weighted by Crippen LogP contribution is 2.24. The lowest BCUT2D eigenvalue weighted by atomic mass is 9.86. The summed E-state index contributed by atoms with van der Waals surface area (Å²) < 4.78 is 26.7. The maximum atomic E-state index is 13.4. The summed E-state index contributed by atoms with van der Waals surface area (Å²) in [5.41, 5.74) is 7.82. The number of nitrogens with one attached hydrogen (secondary N) is 2. The predicted octanol–water partition coefficient (Wildman–Crippen LogP) is 3.24. The SMILES string of the molecule is CC(C)(C)C(NC(=O)[C@H](CS(=O)(=O)Cc1ccc(-c2ccccc2)cc1)NC(=O)CCCCN1C(=O)c2ccccc2C1=O)C(N)=O. The van der Waals surface area contributed by atoms with E-state index in [0.29, 0.717) is 23.1 Å². The van der Waals surface area contributed by atoms with E-state index in [1.165, 1.54) is 0 Å². The van der Waals surface area contributed by atoms with E-state index in [9.17, 15) is 32.4 Å². The van der Waals surface area contributed by atoms with Gasteiger partial charge in [0.15, 0.2) is 9.84 Å². The molecule has 2 atom stereocenters. The molecule has 1 unspecified atom stereocenters. The number of hydrogen-bond acceptors (Lipinski definition) is 7. The third-order valence-corrected chi connectivity index (χ3v) is 9.49. The Kier molecular flexibility index (Phi) is 11.0. The monoisotopic (exact) mass is 660 g/mol. The van der Waals surface area contributed by atoms with E-state index in [1.807, 2.05) is 42.5 Å². The Morgan fingerprint density at radius 3 is 1.89 bits per heavy atom. The van der Waals surface area contributed by atoms with Crippen molar-refractivity contribution < 1.29 is 32.4 Å². The Labute approximate surface area is 274 Å². The van der Waals surface area contributed by atoms with E-state index in [4.69, 9.17) is 5.73 Å². The first kappa shape index (κ1) is 35.0. The van der Waals surface area contributed by atoms with Gasteiger partial charge in [0.05, 0.1) is 22.6 Å². The molecule has 0 bridgehead atoms. The molecular weight excluding hydrogens is 620 g/mol. The largest absolute Gasteiger partial charge is 0.368 e. The van der Waals surface area contributed by atoms with Crippen LogP contribution < -0.4 is 16.4 Å². The van der Waals surface area contributed by atoms with Gasteiger partial charge in [0, 0.05) is 13.0 Å². The average molecular weight is 661 g/mol. The van der Waals surface area contributed by atoms with Crippen molar-refractivity contribution in [3.63, 3.8) is 0 Å². The van der Waals surface area contributed by atoms with E-state index >= 15 is 0 Å². The summed E-state index contributed by atoms with van der Waals surface area (Å²) in [6, 6.07) is 20.5. The van der Waals surface area contributed by atoms with Crippen molar-refractivity contribution in [2.24, 2.45) is 11.1 Å². The fourth-order valence-electron chi connectivity index (χ4n) is 5.40. The van der Waals surface area contributed by atoms with Crippen LogP contribution in [0.25, 0.3) is 11.1 Å². The number of amides is 5. The Balaban J connectivity index is 1.40. The lowest BCUT2D eigenvalue weighted by Crippen LogP contribution is -2.58. The molecule has 1 heterocycles. The molecule has 0 radical (unpaired) electrons. The molecule has 12 heteroatoms. The van der Waals surface area contributed by atoms with Gasteiger partial charge in [0.25, 0.3) is 11.8 Å². The normalized spacial score (nSPS) is 14.3. The van der Waals surface area contributed by atoms with Gasteiger partial charge in [-0.1, -0.05) is 87.5 Å². The topological polar surface area (TPSA) is 173 Å². The second kappa shape index (κ2) is 14.7. The third-order valence-electron chi connectivity index (χ3n) is 7.87. The van der Waals surface area contributed by atoms with Crippen LogP contribution in [0.3, 0.4) is 0 Å². The standard InChI is InChI=1S/C35H40N4O7S/c1-35(2,3)30(31(36)41)38-32(42)28(22-47(45,46)21-23-16-18-25(19-17-23)24-11-5-4-6-12-24)37-29(40)15-9-10-20-39-33(43)26-13-7-8-14-27(26)34(39)44/h4-8,11-14,16-19,28,30H,9-10,15,20-22H2,1-3H3,(H2,36,41)(H,37,40)(H,38,42)/t28-,30?/m0/s1. The number of carbonyl (C=O) groups excluding carboxylic acids is 5. The third kappa shape index (κ3) is 9.13. The number of imide groups is 1. The van der Waals surface area contributed by atoms with Crippen LogP contribution in [0.15, 0.2) is 78.9 Å². The molecular formula is C35H40N4O7S. The molecule has 0 spiro atoms. The number of primary amides is 1. The summed E-state index contributed by atoms with van der Waals surface area (Å²) in [6.45, 7) is 5.19. The first-order chi connectivity index (χ1) is 22.2. The number of nitrogens with zero attached hydrogens (tertiary/aromatic N) is 1. The highest BCUT2D eigenvalue weighted by molar-refractivity contribution is 7.90. The van der Waals surface area contributed by atoms with Gasteiger partial charge in [-0.15, -0.1) is 0 Å². The summed E-state index contributed by atoms with van der Waals surface area (Å²) in [5, 5.41) is 5.04. The molecule has 11 nitrogen and oxygen atoms in total. The number of benzene rings is 3. The van der Waals surface area contributed by atoms with Crippen molar-refractivity contribution in [3.05, 3.63) is 95.6 Å². The highest BCUT2D eigenvalue weighted by Gasteiger charge is 2.36. The second-order valence-corrected chi connectivity index (χ2v) is 14.8. The Morgan fingerprint density at radius 1 is 0.787 bits per heavy atom. The molecule has 0 fully saturated rings. The number of carbonyl (C=O) groups is 5. The molecule has 1 aliphatic rings. The first-order valence-electron chi connectivity index (χ1n) is 15.4. The lowest BCUT2D eigenvalue weighted by Gasteiger charge is -2.30. The van der Waals surface area contributed by atoms with E-state index < -0.39 is 62.6 Å². The lowest BCUT2D eigenvalue weighted by molar-refractivity contribution is -0.132. The Morgan fingerprint density at radius 2 is 1.34 bits per heavy atom. The molecule has 0 saturated carbocycles. The van der Waals surface area contributed by atoms with Crippen LogP contribution in [0.2, 0.25) is 0 Å². The molecule has 3 aromatic rings. The minimum atomic E-state index is -3.94. The van der Waals surface area contributed by atoms with Crippen molar-refractivity contribution in [2.45, 2.75) is 57.9 Å².